The molecule has 1 aliphatic heterocycles. The SMILES string of the molecule is CCNC(=NCC(C)Oc1cccc(Cl)c1)NC1CCN(CCOC(C)C)CC1. The Morgan fingerprint density at radius 2 is 2.03 bits per heavy atom. The lowest BCUT2D eigenvalue weighted by Gasteiger charge is -2.33. The zero-order valence-electron chi connectivity index (χ0n) is 18.3. The first-order chi connectivity index (χ1) is 14.0. The highest BCUT2D eigenvalue weighted by atomic mass is 35.5. The van der Waals surface area contributed by atoms with Gasteiger partial charge in [0.25, 0.3) is 0 Å². The molecule has 1 atom stereocenters. The van der Waals surface area contributed by atoms with E-state index in [4.69, 9.17) is 26.1 Å². The average Bonchev–Trinajstić information content (AvgIpc) is 2.67. The first kappa shape index (κ1) is 23.8. The van der Waals surface area contributed by atoms with E-state index in [1.807, 2.05) is 31.2 Å². The molecule has 0 spiro atoms. The van der Waals surface area contributed by atoms with Crippen LogP contribution < -0.4 is 15.4 Å². The number of nitrogens with zero attached hydrogens (tertiary/aromatic N) is 2. The van der Waals surface area contributed by atoms with Gasteiger partial charge >= 0.3 is 0 Å². The molecule has 1 aromatic rings. The van der Waals surface area contributed by atoms with Crippen LogP contribution in [0.15, 0.2) is 29.3 Å². The lowest BCUT2D eigenvalue weighted by molar-refractivity contribution is 0.0532. The van der Waals surface area contributed by atoms with Crippen LogP contribution in [0.3, 0.4) is 0 Å². The van der Waals surface area contributed by atoms with Crippen LogP contribution in [0.1, 0.15) is 40.5 Å². The maximum Gasteiger partial charge on any atom is 0.191 e. The second-order valence-corrected chi connectivity index (χ2v) is 8.22. The predicted molar refractivity (Wildman–Crippen MR) is 121 cm³/mol. The highest BCUT2D eigenvalue weighted by molar-refractivity contribution is 6.30. The maximum atomic E-state index is 6.02. The van der Waals surface area contributed by atoms with Crippen LogP contribution in [-0.2, 0) is 4.74 Å². The second kappa shape index (κ2) is 12.9. The standard InChI is InChI=1S/C22H37ClN4O2/c1-5-24-22(25-16-18(4)29-21-8-6-7-19(23)15-21)26-20-9-11-27(12-10-20)13-14-28-17(2)3/h6-8,15,17-18,20H,5,9-14,16H2,1-4H3,(H2,24,25,26). The molecule has 0 aromatic heterocycles. The molecule has 6 nitrogen and oxygen atoms in total. The molecule has 1 fully saturated rings. The molecule has 2 N–H and O–H groups in total. The van der Waals surface area contributed by atoms with Gasteiger partial charge in [0.15, 0.2) is 5.96 Å². The van der Waals surface area contributed by atoms with Gasteiger partial charge in [0, 0.05) is 37.2 Å². The summed E-state index contributed by atoms with van der Waals surface area (Å²) in [6.07, 6.45) is 2.49. The fraction of sp³-hybridized carbons (Fsp3) is 0.682. The number of guanidine groups is 1. The predicted octanol–water partition coefficient (Wildman–Crippen LogP) is 3.55. The van der Waals surface area contributed by atoms with Gasteiger partial charge in [0.05, 0.1) is 19.3 Å². The molecule has 1 saturated heterocycles. The van der Waals surface area contributed by atoms with E-state index in [-0.39, 0.29) is 6.10 Å². The summed E-state index contributed by atoms with van der Waals surface area (Å²) < 4.78 is 11.6. The molecule has 2 rings (SSSR count). The number of rotatable bonds is 10. The minimum absolute atomic E-state index is 0.0354. The third kappa shape index (κ3) is 9.70. The van der Waals surface area contributed by atoms with Crippen molar-refractivity contribution in [3.05, 3.63) is 29.3 Å². The van der Waals surface area contributed by atoms with E-state index in [1.54, 1.807) is 0 Å². The topological polar surface area (TPSA) is 58.1 Å². The van der Waals surface area contributed by atoms with Gasteiger partial charge in [-0.05, 0) is 58.7 Å². The summed E-state index contributed by atoms with van der Waals surface area (Å²) in [5, 5.41) is 7.61. The van der Waals surface area contributed by atoms with E-state index in [0.717, 1.165) is 57.3 Å². The minimum atomic E-state index is -0.0354. The van der Waals surface area contributed by atoms with E-state index < -0.39 is 0 Å². The van der Waals surface area contributed by atoms with Gasteiger partial charge in [-0.15, -0.1) is 0 Å². The van der Waals surface area contributed by atoms with E-state index in [2.05, 4.69) is 36.3 Å². The van der Waals surface area contributed by atoms with E-state index in [0.29, 0.717) is 23.7 Å². The van der Waals surface area contributed by atoms with Gasteiger partial charge in [-0.3, -0.25) is 0 Å². The molecular formula is C22H37ClN4O2. The molecule has 1 unspecified atom stereocenters. The fourth-order valence-electron chi connectivity index (χ4n) is 3.26. The Hall–Kier alpha value is -1.50. The molecule has 1 aromatic carbocycles. The second-order valence-electron chi connectivity index (χ2n) is 7.79. The zero-order valence-corrected chi connectivity index (χ0v) is 19.0. The highest BCUT2D eigenvalue weighted by Gasteiger charge is 2.20. The monoisotopic (exact) mass is 424 g/mol. The normalized spacial score (nSPS) is 17.4. The molecule has 1 aliphatic rings. The van der Waals surface area contributed by atoms with Crippen molar-refractivity contribution in [1.82, 2.24) is 15.5 Å². The van der Waals surface area contributed by atoms with Crippen molar-refractivity contribution in [2.24, 2.45) is 4.99 Å². The summed E-state index contributed by atoms with van der Waals surface area (Å²) in [5.74, 6) is 1.63. The van der Waals surface area contributed by atoms with Crippen LogP contribution in [0, 0.1) is 0 Å². The van der Waals surface area contributed by atoms with Crippen molar-refractivity contribution in [2.45, 2.75) is 58.8 Å². The Kier molecular flexibility index (Phi) is 10.6. The van der Waals surface area contributed by atoms with E-state index in [9.17, 15) is 0 Å². The average molecular weight is 425 g/mol. The molecule has 1 heterocycles. The Morgan fingerprint density at radius 1 is 1.28 bits per heavy atom. The zero-order chi connectivity index (χ0) is 21.1. The lowest BCUT2D eigenvalue weighted by Crippen LogP contribution is -2.49. The lowest BCUT2D eigenvalue weighted by atomic mass is 10.1. The molecule has 0 saturated carbocycles. The first-order valence-corrected chi connectivity index (χ1v) is 11.1. The Balaban J connectivity index is 1.76. The molecule has 0 aliphatic carbocycles. The van der Waals surface area contributed by atoms with Crippen LogP contribution >= 0.6 is 11.6 Å². The van der Waals surface area contributed by atoms with Gasteiger partial charge < -0.3 is 25.0 Å². The number of likely N-dealkylation sites (tertiary alicyclic amines) is 1. The molecule has 29 heavy (non-hydrogen) atoms. The fourth-order valence-corrected chi connectivity index (χ4v) is 3.44. The molecule has 0 bridgehead atoms. The number of halogens is 1. The summed E-state index contributed by atoms with van der Waals surface area (Å²) in [5.41, 5.74) is 0. The van der Waals surface area contributed by atoms with Crippen molar-refractivity contribution in [1.29, 1.82) is 0 Å². The van der Waals surface area contributed by atoms with Gasteiger partial charge in [0.2, 0.25) is 0 Å². The third-order valence-electron chi connectivity index (χ3n) is 4.77. The first-order valence-electron chi connectivity index (χ1n) is 10.8. The summed E-state index contributed by atoms with van der Waals surface area (Å²) >= 11 is 6.02. The summed E-state index contributed by atoms with van der Waals surface area (Å²) in [7, 11) is 0. The van der Waals surface area contributed by atoms with Crippen molar-refractivity contribution in [3.8, 4) is 5.75 Å². The highest BCUT2D eigenvalue weighted by Crippen LogP contribution is 2.18. The van der Waals surface area contributed by atoms with Crippen molar-refractivity contribution >= 4 is 17.6 Å². The number of hydrogen-bond donors (Lipinski definition) is 2. The smallest absolute Gasteiger partial charge is 0.191 e. The number of ether oxygens (including phenoxy) is 2. The molecule has 0 radical (unpaired) electrons. The third-order valence-corrected chi connectivity index (χ3v) is 5.01. The van der Waals surface area contributed by atoms with E-state index in [1.165, 1.54) is 0 Å². The quantitative estimate of drug-likeness (QED) is 0.444. The van der Waals surface area contributed by atoms with E-state index >= 15 is 0 Å². The molecule has 7 heteroatoms. The van der Waals surface area contributed by atoms with Crippen LogP contribution in [0.5, 0.6) is 5.75 Å². The molecule has 0 amide bonds. The van der Waals surface area contributed by atoms with Gasteiger partial charge in [-0.2, -0.15) is 0 Å². The Morgan fingerprint density at radius 3 is 2.69 bits per heavy atom. The Bertz CT molecular complexity index is 619. The van der Waals surface area contributed by atoms with Crippen LogP contribution in [0.4, 0.5) is 0 Å². The van der Waals surface area contributed by atoms with Crippen LogP contribution in [0.25, 0.3) is 0 Å². The van der Waals surface area contributed by atoms with Crippen molar-refractivity contribution in [2.75, 3.05) is 39.3 Å². The Labute approximate surface area is 181 Å². The molecule has 164 valence electrons. The van der Waals surface area contributed by atoms with Gasteiger partial charge in [-0.1, -0.05) is 17.7 Å². The molecular weight excluding hydrogens is 388 g/mol. The minimum Gasteiger partial charge on any atom is -0.489 e. The largest absolute Gasteiger partial charge is 0.489 e. The van der Waals surface area contributed by atoms with Crippen LogP contribution in [0.2, 0.25) is 5.02 Å². The van der Waals surface area contributed by atoms with Crippen LogP contribution in [-0.4, -0.2) is 68.4 Å². The number of piperidine rings is 1. The maximum absolute atomic E-state index is 6.02. The summed E-state index contributed by atoms with van der Waals surface area (Å²) in [6, 6.07) is 7.91. The number of nitrogens with one attached hydrogen (secondary N) is 2. The van der Waals surface area contributed by atoms with Crippen molar-refractivity contribution < 1.29 is 9.47 Å². The van der Waals surface area contributed by atoms with Crippen molar-refractivity contribution in [3.63, 3.8) is 0 Å². The number of benzene rings is 1. The van der Waals surface area contributed by atoms with Gasteiger partial charge in [-0.25, -0.2) is 4.99 Å². The number of hydrogen-bond acceptors (Lipinski definition) is 4. The summed E-state index contributed by atoms with van der Waals surface area (Å²) in [4.78, 5) is 7.19. The summed E-state index contributed by atoms with van der Waals surface area (Å²) in [6.45, 7) is 13.7. The van der Waals surface area contributed by atoms with Gasteiger partial charge in [0.1, 0.15) is 11.9 Å². The number of aliphatic imine (C=N–C) groups is 1.